The number of hydrogen-bond acceptors (Lipinski definition) is 4. The van der Waals surface area contributed by atoms with Crippen LogP contribution >= 0.6 is 15.9 Å². The van der Waals surface area contributed by atoms with E-state index in [-0.39, 0.29) is 25.0 Å². The summed E-state index contributed by atoms with van der Waals surface area (Å²) >= 11 is 3.42. The molecule has 2 amide bonds. The molecular weight excluding hydrogens is 530 g/mol. The largest absolute Gasteiger partial charge is 0.352 e. The average molecular weight is 565 g/mol. The number of aryl methyl sites for hydroxylation is 2. The number of halogens is 1. The summed E-state index contributed by atoms with van der Waals surface area (Å²) in [5.41, 5.74) is 2.95. The van der Waals surface area contributed by atoms with Crippen LogP contribution in [0.25, 0.3) is 0 Å². The van der Waals surface area contributed by atoms with E-state index in [1.165, 1.54) is 4.90 Å². The molecule has 0 radical (unpaired) electrons. The van der Waals surface area contributed by atoms with E-state index in [0.29, 0.717) is 5.69 Å². The summed E-state index contributed by atoms with van der Waals surface area (Å²) in [6, 6.07) is 12.4. The zero-order valence-electron chi connectivity index (χ0n) is 20.8. The van der Waals surface area contributed by atoms with Crippen molar-refractivity contribution in [3.8, 4) is 0 Å². The second-order valence-electron chi connectivity index (χ2n) is 9.37. The number of nitrogens with zero attached hydrogens (tertiary/aromatic N) is 2. The SMILES string of the molecule is Cc1ccc(C)c(N(CC(=O)N(Cc2ccc(Br)cc2)[C@H](C)C(=O)NC2CCCC2)S(C)(=O)=O)c1. The first-order valence-corrected chi connectivity index (χ1v) is 14.5. The van der Waals surface area contributed by atoms with Gasteiger partial charge in [0.25, 0.3) is 0 Å². The van der Waals surface area contributed by atoms with Crippen LogP contribution in [-0.4, -0.2) is 50.0 Å². The fourth-order valence-electron chi connectivity index (χ4n) is 4.34. The van der Waals surface area contributed by atoms with Crippen LogP contribution in [0.1, 0.15) is 49.3 Å². The average Bonchev–Trinajstić information content (AvgIpc) is 3.30. The van der Waals surface area contributed by atoms with Crippen LogP contribution in [0.15, 0.2) is 46.9 Å². The summed E-state index contributed by atoms with van der Waals surface area (Å²) in [6.07, 6.45) is 5.14. The first-order chi connectivity index (χ1) is 16.5. The van der Waals surface area contributed by atoms with Gasteiger partial charge in [0.1, 0.15) is 12.6 Å². The van der Waals surface area contributed by atoms with E-state index in [1.807, 2.05) is 50.2 Å². The third-order valence-electron chi connectivity index (χ3n) is 6.45. The third-order valence-corrected chi connectivity index (χ3v) is 8.10. The molecule has 190 valence electrons. The maximum absolute atomic E-state index is 13.7. The molecule has 3 rings (SSSR count). The molecule has 1 aliphatic rings. The molecule has 0 aromatic heterocycles. The molecule has 1 aliphatic carbocycles. The van der Waals surface area contributed by atoms with Crippen molar-refractivity contribution in [1.29, 1.82) is 0 Å². The van der Waals surface area contributed by atoms with Crippen LogP contribution in [-0.2, 0) is 26.2 Å². The van der Waals surface area contributed by atoms with Gasteiger partial charge >= 0.3 is 0 Å². The Balaban J connectivity index is 1.90. The Labute approximate surface area is 217 Å². The number of carbonyl (C=O) groups is 2. The molecular formula is C26H34BrN3O4S. The summed E-state index contributed by atoms with van der Waals surface area (Å²) in [6.45, 7) is 5.19. The topological polar surface area (TPSA) is 86.8 Å². The van der Waals surface area contributed by atoms with Gasteiger partial charge < -0.3 is 10.2 Å². The molecule has 0 aliphatic heterocycles. The van der Waals surface area contributed by atoms with Gasteiger partial charge in [0.05, 0.1) is 11.9 Å². The molecule has 9 heteroatoms. The molecule has 35 heavy (non-hydrogen) atoms. The first-order valence-electron chi connectivity index (χ1n) is 11.8. The number of anilines is 1. The molecule has 1 N–H and O–H groups in total. The summed E-state index contributed by atoms with van der Waals surface area (Å²) < 4.78 is 27.5. The highest BCUT2D eigenvalue weighted by molar-refractivity contribution is 9.10. The smallest absolute Gasteiger partial charge is 0.244 e. The summed E-state index contributed by atoms with van der Waals surface area (Å²) in [5, 5.41) is 3.07. The number of benzene rings is 2. The van der Waals surface area contributed by atoms with Crippen LogP contribution in [0.4, 0.5) is 5.69 Å². The minimum absolute atomic E-state index is 0.122. The summed E-state index contributed by atoms with van der Waals surface area (Å²) in [5.74, 6) is -0.659. The van der Waals surface area contributed by atoms with Crippen molar-refractivity contribution in [2.75, 3.05) is 17.1 Å². The van der Waals surface area contributed by atoms with Gasteiger partial charge in [-0.2, -0.15) is 0 Å². The lowest BCUT2D eigenvalue weighted by Gasteiger charge is -2.32. The Kier molecular flexibility index (Phi) is 8.99. The highest BCUT2D eigenvalue weighted by Gasteiger charge is 2.31. The predicted octanol–water partition coefficient (Wildman–Crippen LogP) is 4.31. The quantitative estimate of drug-likeness (QED) is 0.492. The van der Waals surface area contributed by atoms with Crippen molar-refractivity contribution in [3.63, 3.8) is 0 Å². The van der Waals surface area contributed by atoms with E-state index in [0.717, 1.165) is 57.4 Å². The standard InChI is InChI=1S/C26H34BrN3O4S/c1-18-9-10-19(2)24(15-18)30(35(4,33)34)17-25(31)29(16-21-11-13-22(27)14-12-21)20(3)26(32)28-23-7-5-6-8-23/h9-15,20,23H,5-8,16-17H2,1-4H3,(H,28,32)/t20-/m1/s1. The molecule has 0 unspecified atom stereocenters. The van der Waals surface area contributed by atoms with E-state index in [9.17, 15) is 18.0 Å². The Morgan fingerprint density at radius 1 is 1.09 bits per heavy atom. The van der Waals surface area contributed by atoms with Crippen molar-refractivity contribution in [3.05, 3.63) is 63.6 Å². The summed E-state index contributed by atoms with van der Waals surface area (Å²) in [4.78, 5) is 28.2. The maximum atomic E-state index is 13.7. The Bertz CT molecular complexity index is 1160. The number of nitrogens with one attached hydrogen (secondary N) is 1. The monoisotopic (exact) mass is 563 g/mol. The van der Waals surface area contributed by atoms with E-state index < -0.39 is 22.0 Å². The van der Waals surface area contributed by atoms with Gasteiger partial charge in [-0.1, -0.05) is 53.0 Å². The van der Waals surface area contributed by atoms with Crippen LogP contribution in [0, 0.1) is 13.8 Å². The second kappa shape index (κ2) is 11.6. The molecule has 7 nitrogen and oxygen atoms in total. The second-order valence-corrected chi connectivity index (χ2v) is 12.2. The lowest BCUT2D eigenvalue weighted by Crippen LogP contribution is -2.52. The van der Waals surface area contributed by atoms with Crippen molar-refractivity contribution in [2.45, 2.75) is 65.1 Å². The lowest BCUT2D eigenvalue weighted by molar-refractivity contribution is -0.139. The van der Waals surface area contributed by atoms with Gasteiger partial charge in [0, 0.05) is 17.1 Å². The molecule has 0 heterocycles. The fourth-order valence-corrected chi connectivity index (χ4v) is 5.51. The molecule has 1 atom stereocenters. The van der Waals surface area contributed by atoms with E-state index in [1.54, 1.807) is 13.0 Å². The number of hydrogen-bond donors (Lipinski definition) is 1. The van der Waals surface area contributed by atoms with Gasteiger partial charge in [0.2, 0.25) is 21.8 Å². The molecule has 1 saturated carbocycles. The molecule has 0 saturated heterocycles. The number of rotatable bonds is 9. The normalized spacial score (nSPS) is 15.0. The number of sulfonamides is 1. The van der Waals surface area contributed by atoms with Crippen molar-refractivity contribution < 1.29 is 18.0 Å². The highest BCUT2D eigenvalue weighted by Crippen LogP contribution is 2.25. The fraction of sp³-hybridized carbons (Fsp3) is 0.462. The molecule has 0 spiro atoms. The zero-order chi connectivity index (χ0) is 25.8. The minimum Gasteiger partial charge on any atom is -0.352 e. The van der Waals surface area contributed by atoms with Crippen LogP contribution in [0.2, 0.25) is 0 Å². The van der Waals surface area contributed by atoms with Crippen LogP contribution in [0.3, 0.4) is 0 Å². The molecule has 2 aromatic carbocycles. The molecule has 0 bridgehead atoms. The van der Waals surface area contributed by atoms with Gasteiger partial charge in [-0.25, -0.2) is 8.42 Å². The van der Waals surface area contributed by atoms with Crippen molar-refractivity contribution in [2.24, 2.45) is 0 Å². The predicted molar refractivity (Wildman–Crippen MR) is 143 cm³/mol. The van der Waals surface area contributed by atoms with E-state index >= 15 is 0 Å². The van der Waals surface area contributed by atoms with E-state index in [4.69, 9.17) is 0 Å². The summed E-state index contributed by atoms with van der Waals surface area (Å²) in [7, 11) is -3.75. The number of carbonyl (C=O) groups excluding carboxylic acids is 2. The Morgan fingerprint density at radius 2 is 1.71 bits per heavy atom. The van der Waals surface area contributed by atoms with Crippen LogP contribution < -0.4 is 9.62 Å². The van der Waals surface area contributed by atoms with Crippen molar-refractivity contribution >= 4 is 43.5 Å². The van der Waals surface area contributed by atoms with Gasteiger partial charge in [0.15, 0.2) is 0 Å². The Hall–Kier alpha value is -2.39. The zero-order valence-corrected chi connectivity index (χ0v) is 23.2. The van der Waals surface area contributed by atoms with Gasteiger partial charge in [-0.3, -0.25) is 13.9 Å². The van der Waals surface area contributed by atoms with Gasteiger partial charge in [-0.05, 0) is 68.5 Å². The lowest BCUT2D eigenvalue weighted by atomic mass is 10.1. The maximum Gasteiger partial charge on any atom is 0.244 e. The Morgan fingerprint density at radius 3 is 2.31 bits per heavy atom. The van der Waals surface area contributed by atoms with Crippen LogP contribution in [0.5, 0.6) is 0 Å². The molecule has 2 aromatic rings. The first kappa shape index (κ1) is 27.2. The van der Waals surface area contributed by atoms with Crippen molar-refractivity contribution in [1.82, 2.24) is 10.2 Å². The third kappa shape index (κ3) is 7.30. The molecule has 1 fully saturated rings. The van der Waals surface area contributed by atoms with Gasteiger partial charge in [-0.15, -0.1) is 0 Å². The highest BCUT2D eigenvalue weighted by atomic mass is 79.9. The minimum atomic E-state index is -3.75. The van der Waals surface area contributed by atoms with E-state index in [2.05, 4.69) is 21.2 Å². The number of amides is 2.